The molecule has 2 aromatic rings. The molecule has 1 aliphatic heterocycles. The first kappa shape index (κ1) is 15.0. The van der Waals surface area contributed by atoms with Gasteiger partial charge in [0, 0.05) is 38.1 Å². The first-order valence-electron chi connectivity index (χ1n) is 7.42. The van der Waals surface area contributed by atoms with Gasteiger partial charge in [-0.15, -0.1) is 10.2 Å². The summed E-state index contributed by atoms with van der Waals surface area (Å²) in [6, 6.07) is 3.82. The minimum absolute atomic E-state index is 0.150. The van der Waals surface area contributed by atoms with Crippen LogP contribution in [0, 0.1) is 0 Å². The van der Waals surface area contributed by atoms with Crippen molar-refractivity contribution in [2.75, 3.05) is 13.1 Å². The van der Waals surface area contributed by atoms with Crippen molar-refractivity contribution in [2.45, 2.75) is 30.2 Å². The Balaban J connectivity index is 1.73. The van der Waals surface area contributed by atoms with Crippen LogP contribution in [0.3, 0.4) is 0 Å². The molecule has 1 amide bonds. The lowest BCUT2D eigenvalue weighted by atomic mass is 10.3. The minimum atomic E-state index is -0.150. The highest BCUT2D eigenvalue weighted by molar-refractivity contribution is 8.00. The third-order valence-corrected chi connectivity index (χ3v) is 4.92. The molecule has 1 saturated heterocycles. The number of rotatable bonds is 4. The van der Waals surface area contributed by atoms with Crippen molar-refractivity contribution in [3.8, 4) is 11.4 Å². The molecule has 1 atom stereocenters. The molecule has 2 aromatic heterocycles. The number of carbonyl (C=O) groups is 1. The summed E-state index contributed by atoms with van der Waals surface area (Å²) in [6.07, 6.45) is 5.71. The van der Waals surface area contributed by atoms with Crippen molar-refractivity contribution >= 4 is 17.7 Å². The topological polar surface area (TPSA) is 63.9 Å². The zero-order valence-electron chi connectivity index (χ0n) is 12.8. The number of hydrogen-bond donors (Lipinski definition) is 0. The van der Waals surface area contributed by atoms with E-state index in [-0.39, 0.29) is 11.2 Å². The lowest BCUT2D eigenvalue weighted by Crippen LogP contribution is -2.34. The second-order valence-electron chi connectivity index (χ2n) is 5.40. The molecule has 0 radical (unpaired) electrons. The van der Waals surface area contributed by atoms with Crippen molar-refractivity contribution in [3.63, 3.8) is 0 Å². The van der Waals surface area contributed by atoms with E-state index in [0.29, 0.717) is 0 Å². The predicted molar refractivity (Wildman–Crippen MR) is 85.4 cm³/mol. The van der Waals surface area contributed by atoms with E-state index in [2.05, 4.69) is 15.2 Å². The Morgan fingerprint density at radius 3 is 2.77 bits per heavy atom. The first-order chi connectivity index (χ1) is 10.7. The molecule has 1 aliphatic rings. The van der Waals surface area contributed by atoms with Crippen molar-refractivity contribution in [3.05, 3.63) is 24.5 Å². The molecule has 1 unspecified atom stereocenters. The third-order valence-electron chi connectivity index (χ3n) is 3.80. The van der Waals surface area contributed by atoms with Gasteiger partial charge in [0.2, 0.25) is 5.91 Å². The second kappa shape index (κ2) is 6.48. The SMILES string of the molecule is CC(Sc1nnc(-c2cccnc2)n1C)C(=O)N1CCCC1. The average molecular weight is 317 g/mol. The van der Waals surface area contributed by atoms with E-state index in [1.54, 1.807) is 12.4 Å². The number of carbonyl (C=O) groups excluding carboxylic acids is 1. The van der Waals surface area contributed by atoms with Crippen molar-refractivity contribution in [1.29, 1.82) is 0 Å². The molecule has 7 heteroatoms. The first-order valence-corrected chi connectivity index (χ1v) is 8.30. The van der Waals surface area contributed by atoms with E-state index >= 15 is 0 Å². The lowest BCUT2D eigenvalue weighted by Gasteiger charge is -2.19. The highest BCUT2D eigenvalue weighted by Crippen LogP contribution is 2.26. The van der Waals surface area contributed by atoms with E-state index in [4.69, 9.17) is 0 Å². The van der Waals surface area contributed by atoms with Crippen LogP contribution in [0.15, 0.2) is 29.7 Å². The monoisotopic (exact) mass is 317 g/mol. The van der Waals surface area contributed by atoms with Gasteiger partial charge in [0.1, 0.15) is 0 Å². The lowest BCUT2D eigenvalue weighted by molar-refractivity contribution is -0.129. The van der Waals surface area contributed by atoms with Gasteiger partial charge < -0.3 is 9.47 Å². The highest BCUT2D eigenvalue weighted by atomic mass is 32.2. The summed E-state index contributed by atoms with van der Waals surface area (Å²) in [5.74, 6) is 0.949. The standard InChI is InChI=1S/C15H19N5OS/c1-11(14(21)20-8-3-4-9-20)22-15-18-17-13(19(15)2)12-6-5-7-16-10-12/h5-7,10-11H,3-4,8-9H2,1-2H3. The summed E-state index contributed by atoms with van der Waals surface area (Å²) >= 11 is 1.46. The van der Waals surface area contributed by atoms with Crippen LogP contribution in [0.5, 0.6) is 0 Å². The van der Waals surface area contributed by atoms with Crippen LogP contribution < -0.4 is 0 Å². The number of thioether (sulfide) groups is 1. The predicted octanol–water partition coefficient (Wildman–Crippen LogP) is 1.98. The minimum Gasteiger partial charge on any atom is -0.342 e. The Morgan fingerprint density at radius 2 is 2.09 bits per heavy atom. The summed E-state index contributed by atoms with van der Waals surface area (Å²) in [4.78, 5) is 18.4. The number of likely N-dealkylation sites (tertiary alicyclic amines) is 1. The third kappa shape index (κ3) is 2.99. The molecule has 3 heterocycles. The zero-order chi connectivity index (χ0) is 15.5. The Bertz CT molecular complexity index is 651. The summed E-state index contributed by atoms with van der Waals surface area (Å²) in [6.45, 7) is 3.69. The molecular weight excluding hydrogens is 298 g/mol. The number of aromatic nitrogens is 4. The molecule has 116 valence electrons. The van der Waals surface area contributed by atoms with Gasteiger partial charge in [-0.1, -0.05) is 11.8 Å². The van der Waals surface area contributed by atoms with Gasteiger partial charge in [-0.3, -0.25) is 9.78 Å². The fraction of sp³-hybridized carbons (Fsp3) is 0.467. The molecular formula is C15H19N5OS. The van der Waals surface area contributed by atoms with Gasteiger partial charge in [0.15, 0.2) is 11.0 Å². The fourth-order valence-corrected chi connectivity index (χ4v) is 3.47. The Kier molecular flexibility index (Phi) is 4.42. The number of hydrogen-bond acceptors (Lipinski definition) is 5. The molecule has 0 N–H and O–H groups in total. The molecule has 22 heavy (non-hydrogen) atoms. The fourth-order valence-electron chi connectivity index (χ4n) is 2.57. The average Bonchev–Trinajstić information content (AvgIpc) is 3.18. The maximum atomic E-state index is 12.4. The molecule has 0 aliphatic carbocycles. The van der Waals surface area contributed by atoms with Gasteiger partial charge in [-0.2, -0.15) is 0 Å². The summed E-state index contributed by atoms with van der Waals surface area (Å²) in [5, 5.41) is 9.04. The molecule has 0 spiro atoms. The van der Waals surface area contributed by atoms with E-state index in [0.717, 1.165) is 42.5 Å². The molecule has 3 rings (SSSR count). The van der Waals surface area contributed by atoms with Gasteiger partial charge >= 0.3 is 0 Å². The van der Waals surface area contributed by atoms with Gasteiger partial charge in [0.05, 0.1) is 5.25 Å². The van der Waals surface area contributed by atoms with Crippen molar-refractivity contribution < 1.29 is 4.79 Å². The summed E-state index contributed by atoms with van der Waals surface area (Å²) < 4.78 is 1.91. The number of nitrogens with zero attached hydrogens (tertiary/aromatic N) is 5. The van der Waals surface area contributed by atoms with Crippen LogP contribution in [0.25, 0.3) is 11.4 Å². The largest absolute Gasteiger partial charge is 0.342 e. The van der Waals surface area contributed by atoms with Gasteiger partial charge in [-0.05, 0) is 31.9 Å². The van der Waals surface area contributed by atoms with E-state index in [1.807, 2.05) is 35.6 Å². The summed E-state index contributed by atoms with van der Waals surface area (Å²) in [5.41, 5.74) is 0.919. The maximum Gasteiger partial charge on any atom is 0.235 e. The highest BCUT2D eigenvalue weighted by Gasteiger charge is 2.25. The van der Waals surface area contributed by atoms with Crippen molar-refractivity contribution in [2.24, 2.45) is 7.05 Å². The van der Waals surface area contributed by atoms with Crippen molar-refractivity contribution in [1.82, 2.24) is 24.6 Å². The molecule has 0 bridgehead atoms. The Hall–Kier alpha value is -1.89. The normalized spacial score (nSPS) is 16.0. The van der Waals surface area contributed by atoms with Crippen LogP contribution in [0.2, 0.25) is 0 Å². The van der Waals surface area contributed by atoms with E-state index in [9.17, 15) is 4.79 Å². The second-order valence-corrected chi connectivity index (χ2v) is 6.71. The van der Waals surface area contributed by atoms with Crippen LogP contribution in [-0.4, -0.2) is 48.9 Å². The van der Waals surface area contributed by atoms with Crippen LogP contribution in [0.4, 0.5) is 0 Å². The maximum absolute atomic E-state index is 12.4. The van der Waals surface area contributed by atoms with Crippen LogP contribution >= 0.6 is 11.8 Å². The quantitative estimate of drug-likeness (QED) is 0.807. The van der Waals surface area contributed by atoms with E-state index in [1.165, 1.54) is 11.8 Å². The molecule has 0 saturated carbocycles. The number of amides is 1. The van der Waals surface area contributed by atoms with Crippen LogP contribution in [0.1, 0.15) is 19.8 Å². The molecule has 6 nitrogen and oxygen atoms in total. The Labute approximate surface area is 133 Å². The molecule has 0 aromatic carbocycles. The zero-order valence-corrected chi connectivity index (χ0v) is 13.6. The Morgan fingerprint density at radius 1 is 1.32 bits per heavy atom. The molecule has 1 fully saturated rings. The van der Waals surface area contributed by atoms with Gasteiger partial charge in [0.25, 0.3) is 0 Å². The summed E-state index contributed by atoms with van der Waals surface area (Å²) in [7, 11) is 1.91. The van der Waals surface area contributed by atoms with Crippen LogP contribution in [-0.2, 0) is 11.8 Å². The van der Waals surface area contributed by atoms with E-state index < -0.39 is 0 Å². The smallest absolute Gasteiger partial charge is 0.235 e. The number of pyridine rings is 1. The van der Waals surface area contributed by atoms with Gasteiger partial charge in [-0.25, -0.2) is 0 Å².